The van der Waals surface area contributed by atoms with Crippen LogP contribution < -0.4 is 15.0 Å². The van der Waals surface area contributed by atoms with Crippen LogP contribution in [0.25, 0.3) is 10.1 Å². The summed E-state index contributed by atoms with van der Waals surface area (Å²) in [5.74, 6) is 0.605. The minimum Gasteiger partial charge on any atom is -0.410 e. The molecule has 0 radical (unpaired) electrons. The number of fused-ring (bicyclic) bond motifs is 1. The summed E-state index contributed by atoms with van der Waals surface area (Å²) in [6.07, 6.45) is 1.54. The van der Waals surface area contributed by atoms with Crippen molar-refractivity contribution in [3.63, 3.8) is 0 Å². The van der Waals surface area contributed by atoms with E-state index < -0.39 is 6.09 Å². The van der Waals surface area contributed by atoms with E-state index in [9.17, 15) is 4.79 Å². The molecule has 0 unspecified atom stereocenters. The van der Waals surface area contributed by atoms with E-state index in [0.29, 0.717) is 22.3 Å². The number of amides is 1. The number of carbonyl (C=O) groups excluding carboxylic acids is 1. The average molecular weight is 515 g/mol. The molecule has 1 aliphatic heterocycles. The second kappa shape index (κ2) is 12.0. The van der Waals surface area contributed by atoms with E-state index in [1.54, 1.807) is 11.3 Å². The Hall–Kier alpha value is -1.70. The van der Waals surface area contributed by atoms with E-state index in [0.717, 1.165) is 61.3 Å². The first kappa shape index (κ1) is 24.9. The first-order valence-corrected chi connectivity index (χ1v) is 12.1. The fourth-order valence-corrected chi connectivity index (χ4v) is 5.01. The molecule has 9 heteroatoms. The third-order valence-electron chi connectivity index (χ3n) is 5.47. The first-order chi connectivity index (χ1) is 15.1. The van der Waals surface area contributed by atoms with Crippen molar-refractivity contribution in [2.45, 2.75) is 12.8 Å². The van der Waals surface area contributed by atoms with Crippen molar-refractivity contribution < 1.29 is 9.53 Å². The number of nitrogens with one attached hydrogen (secondary N) is 1. The Labute approximate surface area is 208 Å². The van der Waals surface area contributed by atoms with Crippen LogP contribution in [0.4, 0.5) is 10.5 Å². The molecule has 1 amide bonds. The van der Waals surface area contributed by atoms with Gasteiger partial charge in [0.05, 0.1) is 15.7 Å². The molecule has 32 heavy (non-hydrogen) atoms. The zero-order valence-electron chi connectivity index (χ0n) is 17.6. The summed E-state index contributed by atoms with van der Waals surface area (Å²) in [5, 5.41) is 7.05. The van der Waals surface area contributed by atoms with Gasteiger partial charge in [-0.05, 0) is 55.1 Å². The van der Waals surface area contributed by atoms with Gasteiger partial charge in [-0.3, -0.25) is 4.90 Å². The SMILES string of the molecule is Cl.O=C(NCCCCN1CCN(c2cccc(Cl)c2Cl)CC1)Oc1cccc2sccc12. The van der Waals surface area contributed by atoms with Crippen molar-refractivity contribution in [1.82, 2.24) is 10.2 Å². The number of benzene rings is 2. The van der Waals surface area contributed by atoms with Gasteiger partial charge in [0, 0.05) is 42.8 Å². The fourth-order valence-electron chi connectivity index (χ4n) is 3.79. The number of nitrogens with zero attached hydrogens (tertiary/aromatic N) is 2. The predicted molar refractivity (Wildman–Crippen MR) is 137 cm³/mol. The van der Waals surface area contributed by atoms with Gasteiger partial charge < -0.3 is 15.0 Å². The van der Waals surface area contributed by atoms with E-state index >= 15 is 0 Å². The molecule has 2 heterocycles. The second-order valence-corrected chi connectivity index (χ2v) is 9.25. The molecule has 0 atom stereocenters. The van der Waals surface area contributed by atoms with Crippen LogP contribution in [0.15, 0.2) is 47.8 Å². The van der Waals surface area contributed by atoms with Crippen LogP contribution in [0.2, 0.25) is 10.0 Å². The molecular formula is C23H26Cl3N3O2S. The van der Waals surface area contributed by atoms with E-state index in [-0.39, 0.29) is 12.4 Å². The predicted octanol–water partition coefficient (Wildman–Crippen LogP) is 6.32. The molecule has 0 bridgehead atoms. The zero-order valence-corrected chi connectivity index (χ0v) is 20.7. The van der Waals surface area contributed by atoms with Gasteiger partial charge in [-0.2, -0.15) is 0 Å². The van der Waals surface area contributed by atoms with Crippen molar-refractivity contribution in [3.05, 3.63) is 57.9 Å². The number of carbonyl (C=O) groups is 1. The summed E-state index contributed by atoms with van der Waals surface area (Å²) in [6, 6.07) is 13.5. The van der Waals surface area contributed by atoms with E-state index in [1.165, 1.54) is 0 Å². The van der Waals surface area contributed by atoms with Gasteiger partial charge in [-0.25, -0.2) is 4.79 Å². The average Bonchev–Trinajstić information content (AvgIpc) is 3.26. The lowest BCUT2D eigenvalue weighted by Gasteiger charge is -2.36. The van der Waals surface area contributed by atoms with Crippen LogP contribution in [0, 0.1) is 0 Å². The molecule has 3 aromatic rings. The van der Waals surface area contributed by atoms with Gasteiger partial charge >= 0.3 is 6.09 Å². The number of rotatable bonds is 7. The third kappa shape index (κ3) is 6.21. The molecule has 1 saturated heterocycles. The largest absolute Gasteiger partial charge is 0.412 e. The van der Waals surface area contributed by atoms with Crippen LogP contribution in [0.3, 0.4) is 0 Å². The Morgan fingerprint density at radius 2 is 1.81 bits per heavy atom. The fraction of sp³-hybridized carbons (Fsp3) is 0.348. The number of thiophene rings is 1. The molecule has 2 aromatic carbocycles. The molecule has 0 aliphatic carbocycles. The van der Waals surface area contributed by atoms with Gasteiger partial charge in [0.15, 0.2) is 0 Å². The Balaban J connectivity index is 0.00000289. The Morgan fingerprint density at radius 3 is 2.62 bits per heavy atom. The number of ether oxygens (including phenoxy) is 1. The lowest BCUT2D eigenvalue weighted by molar-refractivity contribution is 0.200. The highest BCUT2D eigenvalue weighted by atomic mass is 35.5. The third-order valence-corrected chi connectivity index (χ3v) is 7.16. The molecular weight excluding hydrogens is 489 g/mol. The summed E-state index contributed by atoms with van der Waals surface area (Å²) < 4.78 is 6.59. The highest BCUT2D eigenvalue weighted by Crippen LogP contribution is 2.33. The summed E-state index contributed by atoms with van der Waals surface area (Å²) in [4.78, 5) is 16.8. The molecule has 1 aromatic heterocycles. The van der Waals surface area contributed by atoms with Crippen LogP contribution in [0.5, 0.6) is 5.75 Å². The van der Waals surface area contributed by atoms with E-state index in [4.69, 9.17) is 27.9 Å². The molecule has 1 N–H and O–H groups in total. The monoisotopic (exact) mass is 513 g/mol. The van der Waals surface area contributed by atoms with E-state index in [1.807, 2.05) is 47.8 Å². The van der Waals surface area contributed by atoms with Crippen molar-refractivity contribution in [2.75, 3.05) is 44.2 Å². The highest BCUT2D eigenvalue weighted by molar-refractivity contribution is 7.17. The van der Waals surface area contributed by atoms with Crippen LogP contribution >= 0.6 is 46.9 Å². The number of piperazine rings is 1. The molecule has 0 saturated carbocycles. The lowest BCUT2D eigenvalue weighted by Crippen LogP contribution is -2.46. The molecule has 0 spiro atoms. The first-order valence-electron chi connectivity index (χ1n) is 10.4. The molecule has 4 rings (SSSR count). The number of halogens is 3. The maximum atomic E-state index is 12.1. The smallest absolute Gasteiger partial charge is 0.410 e. The normalized spacial score (nSPS) is 14.2. The highest BCUT2D eigenvalue weighted by Gasteiger charge is 2.19. The Kier molecular flexibility index (Phi) is 9.32. The topological polar surface area (TPSA) is 44.8 Å². The van der Waals surface area contributed by atoms with Crippen molar-refractivity contribution >= 4 is 68.8 Å². The molecule has 172 valence electrons. The van der Waals surface area contributed by atoms with Gasteiger partial charge in [0.25, 0.3) is 0 Å². The molecule has 5 nitrogen and oxygen atoms in total. The standard InChI is InChI=1S/C23H25Cl2N3O2S.ClH/c24-18-5-3-6-19(22(18)25)28-14-12-27(13-15-28)11-2-1-10-26-23(29)30-20-7-4-8-21-17(20)9-16-31-21;/h3-9,16H,1-2,10-15H2,(H,26,29);1H. The summed E-state index contributed by atoms with van der Waals surface area (Å²) in [5.41, 5.74) is 1.01. The molecule has 1 aliphatic rings. The number of anilines is 1. The summed E-state index contributed by atoms with van der Waals surface area (Å²) in [6.45, 7) is 5.46. The number of hydrogen-bond donors (Lipinski definition) is 1. The Bertz CT molecular complexity index is 1040. The van der Waals surface area contributed by atoms with Crippen LogP contribution in [0.1, 0.15) is 12.8 Å². The lowest BCUT2D eigenvalue weighted by atomic mass is 10.2. The minimum absolute atomic E-state index is 0. The summed E-state index contributed by atoms with van der Waals surface area (Å²) >= 11 is 14.1. The van der Waals surface area contributed by atoms with Gasteiger partial charge in [-0.1, -0.05) is 35.3 Å². The van der Waals surface area contributed by atoms with Crippen LogP contribution in [-0.4, -0.2) is 50.3 Å². The minimum atomic E-state index is -0.397. The summed E-state index contributed by atoms with van der Waals surface area (Å²) in [7, 11) is 0. The van der Waals surface area contributed by atoms with Gasteiger partial charge in [0.2, 0.25) is 0 Å². The van der Waals surface area contributed by atoms with Gasteiger partial charge in [0.1, 0.15) is 5.75 Å². The van der Waals surface area contributed by atoms with Crippen molar-refractivity contribution in [3.8, 4) is 5.75 Å². The molecule has 1 fully saturated rings. The zero-order chi connectivity index (χ0) is 21.6. The maximum Gasteiger partial charge on any atom is 0.412 e. The van der Waals surface area contributed by atoms with Crippen molar-refractivity contribution in [1.29, 1.82) is 0 Å². The van der Waals surface area contributed by atoms with Crippen molar-refractivity contribution in [2.24, 2.45) is 0 Å². The van der Waals surface area contributed by atoms with E-state index in [2.05, 4.69) is 15.1 Å². The quantitative estimate of drug-likeness (QED) is 0.375. The number of unbranched alkanes of at least 4 members (excludes halogenated alkanes) is 1. The Morgan fingerprint density at radius 1 is 1.03 bits per heavy atom. The maximum absolute atomic E-state index is 12.1. The van der Waals surface area contributed by atoms with Gasteiger partial charge in [-0.15, -0.1) is 23.7 Å². The van der Waals surface area contributed by atoms with Crippen LogP contribution in [-0.2, 0) is 0 Å². The number of hydrogen-bond acceptors (Lipinski definition) is 5. The second-order valence-electron chi connectivity index (χ2n) is 7.51.